The number of benzene rings is 3. The summed E-state index contributed by atoms with van der Waals surface area (Å²) in [4.78, 5) is 4.49. The molecule has 0 fully saturated rings. The highest BCUT2D eigenvalue weighted by atomic mass is 35.5. The van der Waals surface area contributed by atoms with Gasteiger partial charge in [-0.25, -0.2) is 8.78 Å². The van der Waals surface area contributed by atoms with Crippen LogP contribution in [0.5, 0.6) is 0 Å². The van der Waals surface area contributed by atoms with Gasteiger partial charge in [0.2, 0.25) is 0 Å². The normalized spacial score (nSPS) is 11.2. The number of rotatable bonds is 8. The maximum Gasteiger partial charge on any atom is 0.142 e. The number of pyridine rings is 1. The first-order chi connectivity index (χ1) is 15.5. The molecule has 3 aromatic carbocycles. The van der Waals surface area contributed by atoms with E-state index in [1.54, 1.807) is 13.2 Å². The van der Waals surface area contributed by atoms with E-state index >= 15 is 4.39 Å². The van der Waals surface area contributed by atoms with Crippen molar-refractivity contribution in [1.29, 1.82) is 0 Å². The fourth-order valence-electron chi connectivity index (χ4n) is 3.84. The van der Waals surface area contributed by atoms with Crippen LogP contribution < -0.4 is 0 Å². The van der Waals surface area contributed by atoms with E-state index in [-0.39, 0.29) is 10.8 Å². The highest BCUT2D eigenvalue weighted by Crippen LogP contribution is 2.25. The zero-order chi connectivity index (χ0) is 22.5. The number of ether oxygens (including phenoxy) is 1. The fourth-order valence-corrected chi connectivity index (χ4v) is 3.95. The summed E-state index contributed by atoms with van der Waals surface area (Å²) in [5, 5.41) is 1.58. The van der Waals surface area contributed by atoms with Crippen molar-refractivity contribution in [3.05, 3.63) is 111 Å². The van der Waals surface area contributed by atoms with Crippen molar-refractivity contribution in [2.24, 2.45) is 0 Å². The van der Waals surface area contributed by atoms with Crippen LogP contribution in [0.2, 0.25) is 5.02 Å². The summed E-state index contributed by atoms with van der Waals surface area (Å²) in [5.41, 5.74) is 4.63. The molecular formula is C27H24ClF2NO. The Labute approximate surface area is 191 Å². The van der Waals surface area contributed by atoms with Crippen molar-refractivity contribution in [2.75, 3.05) is 7.11 Å². The van der Waals surface area contributed by atoms with Crippen LogP contribution in [0.25, 0.3) is 10.8 Å². The Kier molecular flexibility index (Phi) is 7.13. The lowest BCUT2D eigenvalue weighted by atomic mass is 9.98. The molecule has 0 aliphatic heterocycles. The average Bonchev–Trinajstić information content (AvgIpc) is 2.80. The summed E-state index contributed by atoms with van der Waals surface area (Å²) >= 11 is 5.73. The van der Waals surface area contributed by atoms with Crippen LogP contribution in [0, 0.1) is 11.6 Å². The number of aromatic nitrogens is 1. The van der Waals surface area contributed by atoms with Crippen molar-refractivity contribution in [1.82, 2.24) is 4.98 Å². The molecule has 2 nitrogen and oxygen atoms in total. The number of hydrogen-bond acceptors (Lipinski definition) is 2. The lowest BCUT2D eigenvalue weighted by molar-refractivity contribution is 0.184. The number of nitrogens with zero attached hydrogens (tertiary/aromatic N) is 1. The van der Waals surface area contributed by atoms with Crippen molar-refractivity contribution in [2.45, 2.75) is 32.3 Å². The first-order valence-corrected chi connectivity index (χ1v) is 11.0. The number of aryl methyl sites for hydroxylation is 4. The molecule has 4 aromatic rings. The maximum absolute atomic E-state index is 15.1. The van der Waals surface area contributed by atoms with Gasteiger partial charge in [-0.3, -0.25) is 4.98 Å². The number of methoxy groups -OCH3 is 1. The van der Waals surface area contributed by atoms with Crippen molar-refractivity contribution >= 4 is 22.4 Å². The van der Waals surface area contributed by atoms with Gasteiger partial charge in [-0.05, 0) is 71.5 Å². The van der Waals surface area contributed by atoms with Gasteiger partial charge >= 0.3 is 0 Å². The standard InChI is InChI=1S/C27H24ClF2NO/c1-32-17-20-4-11-23(31-16-20)10-3-18-5-12-24-22(14-18)9-8-21(27(24)30)7-2-19-6-13-25(28)26(29)15-19/h4-6,8-9,11-16H,2-3,7,10,17H2,1H3. The van der Waals surface area contributed by atoms with Gasteiger partial charge in [0.1, 0.15) is 11.6 Å². The van der Waals surface area contributed by atoms with E-state index in [1.807, 2.05) is 48.7 Å². The van der Waals surface area contributed by atoms with E-state index in [0.717, 1.165) is 40.6 Å². The summed E-state index contributed by atoms with van der Waals surface area (Å²) in [6.45, 7) is 0.558. The van der Waals surface area contributed by atoms with E-state index in [0.29, 0.717) is 30.4 Å². The number of halogens is 3. The molecule has 0 spiro atoms. The molecule has 1 heterocycles. The van der Waals surface area contributed by atoms with Crippen LogP contribution in [0.15, 0.2) is 66.9 Å². The first kappa shape index (κ1) is 22.4. The molecule has 0 N–H and O–H groups in total. The van der Waals surface area contributed by atoms with Crippen LogP contribution >= 0.6 is 11.6 Å². The molecule has 0 aliphatic rings. The second-order valence-electron chi connectivity index (χ2n) is 7.93. The maximum atomic E-state index is 15.1. The van der Waals surface area contributed by atoms with Crippen LogP contribution in [0.3, 0.4) is 0 Å². The van der Waals surface area contributed by atoms with E-state index in [2.05, 4.69) is 4.98 Å². The quantitative estimate of drug-likeness (QED) is 0.291. The highest BCUT2D eigenvalue weighted by molar-refractivity contribution is 6.30. The van der Waals surface area contributed by atoms with Gasteiger partial charge in [0.15, 0.2) is 0 Å². The van der Waals surface area contributed by atoms with Crippen LogP contribution in [-0.4, -0.2) is 12.1 Å². The smallest absolute Gasteiger partial charge is 0.142 e. The molecule has 0 atom stereocenters. The molecule has 0 unspecified atom stereocenters. The van der Waals surface area contributed by atoms with E-state index in [9.17, 15) is 4.39 Å². The number of hydrogen-bond donors (Lipinski definition) is 0. The molecular weight excluding hydrogens is 428 g/mol. The fraction of sp³-hybridized carbons (Fsp3) is 0.222. The Morgan fingerprint density at radius 3 is 2.31 bits per heavy atom. The van der Waals surface area contributed by atoms with Crippen molar-refractivity contribution in [3.8, 4) is 0 Å². The van der Waals surface area contributed by atoms with Gasteiger partial charge in [-0.1, -0.05) is 54.1 Å². The molecule has 0 saturated heterocycles. The Hall–Kier alpha value is -2.82. The van der Waals surface area contributed by atoms with Gasteiger partial charge in [0.25, 0.3) is 0 Å². The minimum absolute atomic E-state index is 0.0975. The van der Waals surface area contributed by atoms with Crippen LogP contribution in [0.4, 0.5) is 8.78 Å². The lowest BCUT2D eigenvalue weighted by Crippen LogP contribution is -1.98. The van der Waals surface area contributed by atoms with E-state index in [4.69, 9.17) is 16.3 Å². The molecule has 4 rings (SSSR count). The van der Waals surface area contributed by atoms with E-state index in [1.165, 1.54) is 12.1 Å². The van der Waals surface area contributed by atoms with Gasteiger partial charge in [-0.2, -0.15) is 0 Å². The summed E-state index contributed by atoms with van der Waals surface area (Å²) in [5.74, 6) is -0.657. The molecule has 0 saturated carbocycles. The zero-order valence-corrected chi connectivity index (χ0v) is 18.6. The average molecular weight is 452 g/mol. The molecule has 1 aromatic heterocycles. The second-order valence-corrected chi connectivity index (χ2v) is 8.34. The Bertz CT molecular complexity index is 1220. The molecule has 0 amide bonds. The van der Waals surface area contributed by atoms with Gasteiger partial charge in [0, 0.05) is 24.4 Å². The molecule has 0 bridgehead atoms. The second kappa shape index (κ2) is 10.2. The van der Waals surface area contributed by atoms with Crippen molar-refractivity contribution in [3.63, 3.8) is 0 Å². The Balaban J connectivity index is 1.43. The minimum Gasteiger partial charge on any atom is -0.380 e. The first-order valence-electron chi connectivity index (χ1n) is 10.6. The largest absolute Gasteiger partial charge is 0.380 e. The summed E-state index contributed by atoms with van der Waals surface area (Å²) in [6.07, 6.45) is 4.53. The molecule has 5 heteroatoms. The Morgan fingerprint density at radius 2 is 1.56 bits per heavy atom. The third kappa shape index (κ3) is 5.32. The van der Waals surface area contributed by atoms with Gasteiger partial charge < -0.3 is 4.74 Å². The lowest BCUT2D eigenvalue weighted by Gasteiger charge is -2.09. The topological polar surface area (TPSA) is 22.1 Å². The van der Waals surface area contributed by atoms with E-state index < -0.39 is 5.82 Å². The molecule has 164 valence electrons. The molecule has 32 heavy (non-hydrogen) atoms. The van der Waals surface area contributed by atoms with Gasteiger partial charge in [-0.15, -0.1) is 0 Å². The SMILES string of the molecule is COCc1ccc(CCc2ccc3c(F)c(CCc4ccc(Cl)c(F)c4)ccc3c2)nc1. The minimum atomic E-state index is -0.447. The molecule has 0 aliphatic carbocycles. The predicted molar refractivity (Wildman–Crippen MR) is 125 cm³/mol. The monoisotopic (exact) mass is 451 g/mol. The predicted octanol–water partition coefficient (Wildman–Crippen LogP) is 6.88. The Morgan fingerprint density at radius 1 is 0.812 bits per heavy atom. The van der Waals surface area contributed by atoms with Crippen LogP contribution in [0.1, 0.15) is 27.9 Å². The van der Waals surface area contributed by atoms with Crippen LogP contribution in [-0.2, 0) is 37.0 Å². The number of fused-ring (bicyclic) bond motifs is 1. The third-order valence-corrected chi connectivity index (χ3v) is 5.94. The van der Waals surface area contributed by atoms with Gasteiger partial charge in [0.05, 0.1) is 11.6 Å². The highest BCUT2D eigenvalue weighted by Gasteiger charge is 2.10. The third-order valence-electron chi connectivity index (χ3n) is 5.63. The zero-order valence-electron chi connectivity index (χ0n) is 17.9. The summed E-state index contributed by atoms with van der Waals surface area (Å²) in [7, 11) is 1.67. The summed E-state index contributed by atoms with van der Waals surface area (Å²) in [6, 6.07) is 18.4. The van der Waals surface area contributed by atoms with Crippen molar-refractivity contribution < 1.29 is 13.5 Å². The summed E-state index contributed by atoms with van der Waals surface area (Å²) < 4.78 is 33.8. The molecule has 0 radical (unpaired) electrons.